The lowest BCUT2D eigenvalue weighted by molar-refractivity contribution is -0.0678. The van der Waals surface area contributed by atoms with E-state index in [0.717, 1.165) is 29.0 Å². The van der Waals surface area contributed by atoms with Gasteiger partial charge in [0.25, 0.3) is 0 Å². The van der Waals surface area contributed by atoms with Gasteiger partial charge in [-0.15, -0.1) is 12.4 Å². The van der Waals surface area contributed by atoms with E-state index < -0.39 is 11.7 Å². The van der Waals surface area contributed by atoms with Crippen LogP contribution in [0.25, 0.3) is 0 Å². The van der Waals surface area contributed by atoms with Crippen LogP contribution in [0.1, 0.15) is 36.6 Å². The number of aliphatic hydroxyl groups excluding tert-OH is 1. The summed E-state index contributed by atoms with van der Waals surface area (Å²) in [7, 11) is 1.70. The molecule has 0 aliphatic carbocycles. The molecular weight excluding hydrogens is 450 g/mol. The Hall–Kier alpha value is -2.57. The summed E-state index contributed by atoms with van der Waals surface area (Å²) in [5.74, 6) is 1.65. The van der Waals surface area contributed by atoms with Crippen LogP contribution in [-0.4, -0.2) is 36.6 Å². The molecule has 0 bridgehead atoms. The zero-order valence-corrected chi connectivity index (χ0v) is 20.8. The maximum atomic E-state index is 11.1. The van der Waals surface area contributed by atoms with E-state index in [4.69, 9.17) is 14.2 Å². The van der Waals surface area contributed by atoms with Gasteiger partial charge in [-0.05, 0) is 49.6 Å². The van der Waals surface area contributed by atoms with Crippen LogP contribution in [0.4, 0.5) is 0 Å². The van der Waals surface area contributed by atoms with Gasteiger partial charge >= 0.3 is 0 Å². The van der Waals surface area contributed by atoms with Gasteiger partial charge < -0.3 is 24.6 Å². The fourth-order valence-electron chi connectivity index (χ4n) is 4.29. The first-order chi connectivity index (χ1) is 16.0. The van der Waals surface area contributed by atoms with Crippen molar-refractivity contribution in [1.29, 1.82) is 0 Å². The maximum absolute atomic E-state index is 11.1. The average Bonchev–Trinajstić information content (AvgIpc) is 2.82. The monoisotopic (exact) mass is 483 g/mol. The van der Waals surface area contributed by atoms with Crippen LogP contribution in [0.15, 0.2) is 78.9 Å². The molecule has 1 heterocycles. The summed E-state index contributed by atoms with van der Waals surface area (Å²) < 4.78 is 17.5. The molecule has 0 fully saturated rings. The van der Waals surface area contributed by atoms with E-state index in [1.54, 1.807) is 7.11 Å². The molecule has 0 saturated heterocycles. The summed E-state index contributed by atoms with van der Waals surface area (Å²) in [5, 5.41) is 14.7. The maximum Gasteiger partial charge on any atom is 0.131 e. The molecule has 4 rings (SSSR count). The summed E-state index contributed by atoms with van der Waals surface area (Å²) in [6, 6.07) is 26.0. The number of hydrogen-bond donors (Lipinski definition) is 2. The molecule has 1 aliphatic rings. The van der Waals surface area contributed by atoms with Crippen molar-refractivity contribution in [2.75, 3.05) is 13.7 Å². The number of halogens is 1. The summed E-state index contributed by atoms with van der Waals surface area (Å²) in [6.45, 7) is 4.91. The molecule has 0 aromatic heterocycles. The molecule has 0 radical (unpaired) electrons. The lowest BCUT2D eigenvalue weighted by Crippen LogP contribution is -2.55. The molecule has 6 heteroatoms. The molecule has 1 aliphatic heterocycles. The highest BCUT2D eigenvalue weighted by Gasteiger charge is 2.43. The molecule has 5 nitrogen and oxygen atoms in total. The second-order valence-corrected chi connectivity index (χ2v) is 9.11. The molecule has 3 aromatic rings. The minimum atomic E-state index is -0.694. The van der Waals surface area contributed by atoms with E-state index in [9.17, 15) is 5.11 Å². The molecule has 3 aromatic carbocycles. The van der Waals surface area contributed by atoms with Crippen molar-refractivity contribution >= 4 is 12.4 Å². The lowest BCUT2D eigenvalue weighted by Gasteiger charge is -2.43. The smallest absolute Gasteiger partial charge is 0.131 e. The molecule has 3 unspecified atom stereocenters. The highest BCUT2D eigenvalue weighted by Crippen LogP contribution is 2.39. The lowest BCUT2D eigenvalue weighted by atomic mass is 9.86. The Morgan fingerprint density at radius 1 is 0.941 bits per heavy atom. The van der Waals surface area contributed by atoms with E-state index in [1.807, 2.05) is 68.4 Å². The quantitative estimate of drug-likeness (QED) is 0.443. The number of methoxy groups -OCH3 is 1. The van der Waals surface area contributed by atoms with E-state index in [-0.39, 0.29) is 24.5 Å². The van der Waals surface area contributed by atoms with Crippen molar-refractivity contribution in [1.82, 2.24) is 5.32 Å². The number of rotatable bonds is 9. The minimum absolute atomic E-state index is 0. The van der Waals surface area contributed by atoms with Crippen molar-refractivity contribution < 1.29 is 19.3 Å². The van der Waals surface area contributed by atoms with Crippen LogP contribution in [0.2, 0.25) is 0 Å². The Bertz CT molecular complexity index is 1030. The Morgan fingerprint density at radius 3 is 2.32 bits per heavy atom. The Labute approximate surface area is 208 Å². The largest absolute Gasteiger partial charge is 0.489 e. The highest BCUT2D eigenvalue weighted by atomic mass is 35.5. The first-order valence-corrected chi connectivity index (χ1v) is 11.4. The first-order valence-electron chi connectivity index (χ1n) is 11.4. The van der Waals surface area contributed by atoms with Crippen LogP contribution in [0, 0.1) is 0 Å². The number of para-hydroxylation sites is 1. The summed E-state index contributed by atoms with van der Waals surface area (Å²) in [4.78, 5) is 0. The number of nitrogens with one attached hydrogen (secondary N) is 1. The van der Waals surface area contributed by atoms with E-state index >= 15 is 0 Å². The van der Waals surface area contributed by atoms with Crippen LogP contribution < -0.4 is 14.8 Å². The van der Waals surface area contributed by atoms with Gasteiger partial charge in [0, 0.05) is 18.7 Å². The number of ether oxygens (including phenoxy) is 3. The topological polar surface area (TPSA) is 60.0 Å². The van der Waals surface area contributed by atoms with Gasteiger partial charge in [-0.2, -0.15) is 0 Å². The third kappa shape index (κ3) is 6.30. The Morgan fingerprint density at radius 2 is 1.62 bits per heavy atom. The second kappa shape index (κ2) is 11.7. The molecular formula is C28H34ClNO4. The van der Waals surface area contributed by atoms with Crippen LogP contribution >= 0.6 is 12.4 Å². The van der Waals surface area contributed by atoms with Crippen molar-refractivity contribution in [2.45, 2.75) is 50.7 Å². The third-order valence-corrected chi connectivity index (χ3v) is 6.09. The number of fused-ring (bicyclic) bond motifs is 1. The number of hydrogen-bond acceptors (Lipinski definition) is 5. The van der Waals surface area contributed by atoms with Crippen molar-refractivity contribution in [2.24, 2.45) is 0 Å². The van der Waals surface area contributed by atoms with Crippen LogP contribution in [0.5, 0.6) is 11.5 Å². The van der Waals surface area contributed by atoms with E-state index in [0.29, 0.717) is 13.2 Å². The van der Waals surface area contributed by atoms with Gasteiger partial charge in [-0.3, -0.25) is 0 Å². The fourth-order valence-corrected chi connectivity index (χ4v) is 4.29. The molecule has 0 spiro atoms. The molecule has 0 amide bonds. The normalized spacial score (nSPS) is 19.3. The summed E-state index contributed by atoms with van der Waals surface area (Å²) >= 11 is 0. The Balaban J connectivity index is 0.00000324. The van der Waals surface area contributed by atoms with Gasteiger partial charge in [0.05, 0.1) is 12.6 Å². The molecule has 0 saturated carbocycles. The van der Waals surface area contributed by atoms with Gasteiger partial charge in [0.2, 0.25) is 0 Å². The van der Waals surface area contributed by atoms with Gasteiger partial charge in [0.15, 0.2) is 0 Å². The molecule has 34 heavy (non-hydrogen) atoms. The summed E-state index contributed by atoms with van der Waals surface area (Å²) in [5.41, 5.74) is 2.59. The number of aliphatic hydroxyl groups is 1. The van der Waals surface area contributed by atoms with Crippen LogP contribution in [0.3, 0.4) is 0 Å². The third-order valence-electron chi connectivity index (χ3n) is 6.09. The fraction of sp³-hybridized carbons (Fsp3) is 0.357. The van der Waals surface area contributed by atoms with Gasteiger partial charge in [-0.1, -0.05) is 60.7 Å². The van der Waals surface area contributed by atoms with Crippen molar-refractivity contribution in [3.05, 3.63) is 95.6 Å². The second-order valence-electron chi connectivity index (χ2n) is 9.11. The minimum Gasteiger partial charge on any atom is -0.489 e. The predicted molar refractivity (Wildman–Crippen MR) is 137 cm³/mol. The predicted octanol–water partition coefficient (Wildman–Crippen LogP) is 5.11. The zero-order valence-electron chi connectivity index (χ0n) is 19.9. The van der Waals surface area contributed by atoms with E-state index in [1.165, 1.54) is 5.56 Å². The van der Waals surface area contributed by atoms with Gasteiger partial charge in [-0.25, -0.2) is 0 Å². The van der Waals surface area contributed by atoms with Gasteiger partial charge in [0.1, 0.15) is 29.8 Å². The highest BCUT2D eigenvalue weighted by molar-refractivity contribution is 5.85. The average molecular weight is 484 g/mol. The Kier molecular flexibility index (Phi) is 8.97. The zero-order chi connectivity index (χ0) is 23.3. The first kappa shape index (κ1) is 26.0. The van der Waals surface area contributed by atoms with Crippen molar-refractivity contribution in [3.63, 3.8) is 0 Å². The van der Waals surface area contributed by atoms with E-state index in [2.05, 4.69) is 29.6 Å². The molecule has 3 atom stereocenters. The molecule has 2 N–H and O–H groups in total. The summed E-state index contributed by atoms with van der Waals surface area (Å²) in [6.07, 6.45) is 0.0694. The SMILES string of the molecule is COCC(Cc1ccc(OCc2ccccc2)cc1)NC1c2ccccc2OC(C)(C)C1O.Cl. The number of benzene rings is 3. The molecule has 182 valence electrons. The van der Waals surface area contributed by atoms with Crippen molar-refractivity contribution in [3.8, 4) is 11.5 Å². The van der Waals surface area contributed by atoms with Crippen LogP contribution in [-0.2, 0) is 17.8 Å². The standard InChI is InChI=1S/C28H33NO4.ClH/c1-28(2)27(30)26(24-11-7-8-12-25(24)33-28)29-22(19-31-3)17-20-13-15-23(16-14-20)32-18-21-9-5-4-6-10-21;/h4-16,22,26-27,29-30H,17-19H2,1-3H3;1H.